The molecule has 2 aromatic rings. The molecule has 132 valence electrons. The van der Waals surface area contributed by atoms with Crippen LogP contribution in [0.2, 0.25) is 0 Å². The standard InChI is InChI=1S/C20H23NO4/c1-23-17-6-2-4-14(10-17)18-11-16(22)13-21(18)12-15-5-3-7-19-20(15)25-9-8-24-19/h2-7,10,16,18,22H,8-9,11-13H2,1H3/t16-,18+/m1/s1. The van der Waals surface area contributed by atoms with Gasteiger partial charge >= 0.3 is 0 Å². The fourth-order valence-corrected chi connectivity index (χ4v) is 3.73. The van der Waals surface area contributed by atoms with Gasteiger partial charge in [-0.3, -0.25) is 4.90 Å². The normalized spacial score (nSPS) is 22.8. The number of rotatable bonds is 4. The summed E-state index contributed by atoms with van der Waals surface area (Å²) in [5, 5.41) is 10.2. The summed E-state index contributed by atoms with van der Waals surface area (Å²) < 4.78 is 16.9. The van der Waals surface area contributed by atoms with E-state index in [1.165, 1.54) is 0 Å². The largest absolute Gasteiger partial charge is 0.497 e. The Hall–Kier alpha value is -2.24. The van der Waals surface area contributed by atoms with Crippen LogP contribution in [-0.2, 0) is 6.54 Å². The van der Waals surface area contributed by atoms with Gasteiger partial charge < -0.3 is 19.3 Å². The number of hydrogen-bond acceptors (Lipinski definition) is 5. The third kappa shape index (κ3) is 3.30. The molecule has 0 saturated carbocycles. The highest BCUT2D eigenvalue weighted by molar-refractivity contribution is 5.47. The van der Waals surface area contributed by atoms with Crippen LogP contribution in [0.5, 0.6) is 17.2 Å². The molecule has 1 N–H and O–H groups in total. The molecule has 5 heteroatoms. The van der Waals surface area contributed by atoms with Crippen molar-refractivity contribution in [3.63, 3.8) is 0 Å². The fourth-order valence-electron chi connectivity index (χ4n) is 3.73. The molecule has 1 fully saturated rings. The predicted octanol–water partition coefficient (Wildman–Crippen LogP) is 2.77. The van der Waals surface area contributed by atoms with E-state index < -0.39 is 0 Å². The maximum atomic E-state index is 10.2. The number of nitrogens with zero attached hydrogens (tertiary/aromatic N) is 1. The lowest BCUT2D eigenvalue weighted by Crippen LogP contribution is -2.25. The first kappa shape index (κ1) is 16.2. The SMILES string of the molecule is COc1cccc([C@@H]2C[C@@H](O)CN2Cc2cccc3c2OCCO3)c1. The monoisotopic (exact) mass is 341 g/mol. The van der Waals surface area contributed by atoms with Gasteiger partial charge in [-0.25, -0.2) is 0 Å². The maximum Gasteiger partial charge on any atom is 0.165 e. The highest BCUT2D eigenvalue weighted by Crippen LogP contribution is 2.39. The third-order valence-corrected chi connectivity index (χ3v) is 4.88. The van der Waals surface area contributed by atoms with Gasteiger partial charge in [0.05, 0.1) is 13.2 Å². The van der Waals surface area contributed by atoms with Crippen molar-refractivity contribution in [2.75, 3.05) is 26.9 Å². The molecule has 0 spiro atoms. The zero-order valence-electron chi connectivity index (χ0n) is 14.4. The first-order chi connectivity index (χ1) is 12.2. The zero-order valence-corrected chi connectivity index (χ0v) is 14.4. The van der Waals surface area contributed by atoms with Crippen molar-refractivity contribution in [3.8, 4) is 17.2 Å². The molecule has 0 amide bonds. The Kier molecular flexibility index (Phi) is 4.51. The van der Waals surface area contributed by atoms with E-state index in [0.29, 0.717) is 26.3 Å². The highest BCUT2D eigenvalue weighted by atomic mass is 16.6. The van der Waals surface area contributed by atoms with Crippen LogP contribution in [0.25, 0.3) is 0 Å². The molecule has 0 unspecified atom stereocenters. The molecule has 0 bridgehead atoms. The molecule has 5 nitrogen and oxygen atoms in total. The Labute approximate surface area is 147 Å². The Morgan fingerprint density at radius 2 is 2.00 bits per heavy atom. The number of methoxy groups -OCH3 is 1. The van der Waals surface area contributed by atoms with Crippen molar-refractivity contribution in [1.82, 2.24) is 4.90 Å². The van der Waals surface area contributed by atoms with Crippen LogP contribution >= 0.6 is 0 Å². The number of aliphatic hydroxyl groups excluding tert-OH is 1. The van der Waals surface area contributed by atoms with Crippen molar-refractivity contribution >= 4 is 0 Å². The average Bonchev–Trinajstić information content (AvgIpc) is 3.02. The Bertz CT molecular complexity index is 748. The van der Waals surface area contributed by atoms with Crippen LogP contribution in [0.3, 0.4) is 0 Å². The van der Waals surface area contributed by atoms with Crippen LogP contribution in [0.4, 0.5) is 0 Å². The molecule has 25 heavy (non-hydrogen) atoms. The summed E-state index contributed by atoms with van der Waals surface area (Å²) >= 11 is 0. The Balaban J connectivity index is 1.60. The fraction of sp³-hybridized carbons (Fsp3) is 0.400. The molecule has 2 heterocycles. The van der Waals surface area contributed by atoms with Crippen molar-refractivity contribution < 1.29 is 19.3 Å². The number of ether oxygens (including phenoxy) is 3. The molecule has 0 aliphatic carbocycles. The second-order valence-electron chi connectivity index (χ2n) is 6.55. The summed E-state index contributed by atoms with van der Waals surface area (Å²) in [5.74, 6) is 2.48. The van der Waals surface area contributed by atoms with Crippen molar-refractivity contribution in [2.45, 2.75) is 25.1 Å². The van der Waals surface area contributed by atoms with Crippen molar-refractivity contribution in [2.24, 2.45) is 0 Å². The lowest BCUT2D eigenvalue weighted by atomic mass is 10.0. The van der Waals surface area contributed by atoms with E-state index in [2.05, 4.69) is 23.1 Å². The van der Waals surface area contributed by atoms with Crippen LogP contribution in [0, 0.1) is 0 Å². The van der Waals surface area contributed by atoms with Crippen LogP contribution < -0.4 is 14.2 Å². The molecule has 2 aliphatic rings. The zero-order chi connectivity index (χ0) is 17.2. The third-order valence-electron chi connectivity index (χ3n) is 4.88. The first-order valence-electron chi connectivity index (χ1n) is 8.68. The molecular weight excluding hydrogens is 318 g/mol. The minimum Gasteiger partial charge on any atom is -0.497 e. The number of benzene rings is 2. The van der Waals surface area contributed by atoms with Crippen LogP contribution in [-0.4, -0.2) is 43.0 Å². The molecule has 2 aliphatic heterocycles. The number of β-amino-alcohol motifs (C(OH)–C–C–N with tert-alkyl or cyclic N) is 1. The van der Waals surface area contributed by atoms with E-state index in [1.54, 1.807) is 7.11 Å². The topological polar surface area (TPSA) is 51.2 Å². The van der Waals surface area contributed by atoms with Gasteiger partial charge in [0.2, 0.25) is 0 Å². The van der Waals surface area contributed by atoms with Gasteiger partial charge in [-0.15, -0.1) is 0 Å². The van der Waals surface area contributed by atoms with E-state index in [1.807, 2.05) is 24.3 Å². The van der Waals surface area contributed by atoms with E-state index in [0.717, 1.165) is 34.8 Å². The Morgan fingerprint density at radius 3 is 2.88 bits per heavy atom. The van der Waals surface area contributed by atoms with Crippen molar-refractivity contribution in [3.05, 3.63) is 53.6 Å². The molecule has 1 saturated heterocycles. The molecular formula is C20H23NO4. The molecule has 0 radical (unpaired) electrons. The van der Waals surface area contributed by atoms with Gasteiger partial charge in [-0.05, 0) is 30.2 Å². The molecule has 0 aromatic heterocycles. The molecule has 4 rings (SSSR count). The van der Waals surface area contributed by atoms with E-state index in [4.69, 9.17) is 14.2 Å². The molecule has 2 atom stereocenters. The summed E-state index contributed by atoms with van der Waals surface area (Å²) in [6.07, 6.45) is 0.396. The van der Waals surface area contributed by atoms with Gasteiger partial charge in [-0.1, -0.05) is 24.3 Å². The van der Waals surface area contributed by atoms with Gasteiger partial charge in [-0.2, -0.15) is 0 Å². The molecule has 2 aromatic carbocycles. The number of para-hydroxylation sites is 1. The number of fused-ring (bicyclic) bond motifs is 1. The summed E-state index contributed by atoms with van der Waals surface area (Å²) in [4.78, 5) is 2.30. The second kappa shape index (κ2) is 6.94. The number of likely N-dealkylation sites (tertiary alicyclic amines) is 1. The number of hydrogen-bond donors (Lipinski definition) is 1. The lowest BCUT2D eigenvalue weighted by molar-refractivity contribution is 0.159. The Morgan fingerprint density at radius 1 is 1.16 bits per heavy atom. The highest BCUT2D eigenvalue weighted by Gasteiger charge is 2.33. The summed E-state index contributed by atoms with van der Waals surface area (Å²) in [6.45, 7) is 2.52. The van der Waals surface area contributed by atoms with E-state index >= 15 is 0 Å². The summed E-state index contributed by atoms with van der Waals surface area (Å²) in [5.41, 5.74) is 2.26. The van der Waals surface area contributed by atoms with Gasteiger partial charge in [0, 0.05) is 24.7 Å². The summed E-state index contributed by atoms with van der Waals surface area (Å²) in [7, 11) is 1.67. The maximum absolute atomic E-state index is 10.2. The lowest BCUT2D eigenvalue weighted by Gasteiger charge is -2.27. The number of aliphatic hydroxyl groups is 1. The summed E-state index contributed by atoms with van der Waals surface area (Å²) in [6, 6.07) is 14.3. The smallest absolute Gasteiger partial charge is 0.165 e. The van der Waals surface area contributed by atoms with Crippen LogP contribution in [0.1, 0.15) is 23.6 Å². The second-order valence-corrected chi connectivity index (χ2v) is 6.55. The van der Waals surface area contributed by atoms with E-state index in [-0.39, 0.29) is 12.1 Å². The van der Waals surface area contributed by atoms with Gasteiger partial charge in [0.15, 0.2) is 11.5 Å². The first-order valence-corrected chi connectivity index (χ1v) is 8.68. The quantitative estimate of drug-likeness (QED) is 0.927. The van der Waals surface area contributed by atoms with Gasteiger partial charge in [0.25, 0.3) is 0 Å². The minimum absolute atomic E-state index is 0.158. The minimum atomic E-state index is -0.326. The average molecular weight is 341 g/mol. The van der Waals surface area contributed by atoms with E-state index in [9.17, 15) is 5.11 Å². The van der Waals surface area contributed by atoms with Crippen LogP contribution in [0.15, 0.2) is 42.5 Å². The van der Waals surface area contributed by atoms with Gasteiger partial charge in [0.1, 0.15) is 19.0 Å². The van der Waals surface area contributed by atoms with Crippen molar-refractivity contribution in [1.29, 1.82) is 0 Å². The predicted molar refractivity (Wildman–Crippen MR) is 94.2 cm³/mol.